The molecular formula is C24H34O8. The van der Waals surface area contributed by atoms with Gasteiger partial charge in [0.2, 0.25) is 0 Å². The smallest absolute Gasteiger partial charge is 0.336 e. The summed E-state index contributed by atoms with van der Waals surface area (Å²) < 4.78 is 21.9. The number of ether oxygens (including phenoxy) is 4. The van der Waals surface area contributed by atoms with Gasteiger partial charge in [-0.25, -0.2) is 4.79 Å². The van der Waals surface area contributed by atoms with Crippen molar-refractivity contribution in [3.05, 3.63) is 11.6 Å². The third-order valence-corrected chi connectivity index (χ3v) is 9.02. The van der Waals surface area contributed by atoms with E-state index in [4.69, 9.17) is 18.9 Å². The minimum Gasteiger partial charge on any atom is -0.468 e. The highest BCUT2D eigenvalue weighted by atomic mass is 16.6. The monoisotopic (exact) mass is 450 g/mol. The van der Waals surface area contributed by atoms with Crippen molar-refractivity contribution < 1.29 is 38.4 Å². The predicted molar refractivity (Wildman–Crippen MR) is 112 cm³/mol. The number of hydrogen-bond acceptors (Lipinski definition) is 8. The minimum atomic E-state index is -1.53. The molecule has 1 unspecified atom stereocenters. The molecule has 3 fully saturated rings. The van der Waals surface area contributed by atoms with Gasteiger partial charge in [-0.15, -0.1) is 0 Å². The van der Waals surface area contributed by atoms with Crippen LogP contribution in [0.2, 0.25) is 0 Å². The van der Waals surface area contributed by atoms with Gasteiger partial charge in [0.15, 0.2) is 5.41 Å². The molecule has 0 amide bonds. The summed E-state index contributed by atoms with van der Waals surface area (Å²) in [6.07, 6.45) is 3.14. The maximum atomic E-state index is 13.0. The van der Waals surface area contributed by atoms with Crippen LogP contribution in [0.15, 0.2) is 11.6 Å². The van der Waals surface area contributed by atoms with E-state index in [2.05, 4.69) is 20.8 Å². The quantitative estimate of drug-likeness (QED) is 0.394. The van der Waals surface area contributed by atoms with Gasteiger partial charge >= 0.3 is 17.9 Å². The molecule has 8 heteroatoms. The number of fused-ring (bicyclic) bond motifs is 1. The van der Waals surface area contributed by atoms with Crippen molar-refractivity contribution in [2.45, 2.75) is 70.2 Å². The van der Waals surface area contributed by atoms with Crippen LogP contribution in [0.4, 0.5) is 0 Å². The zero-order chi connectivity index (χ0) is 23.7. The second-order valence-corrected chi connectivity index (χ2v) is 10.5. The highest BCUT2D eigenvalue weighted by molar-refractivity contribution is 6.01. The summed E-state index contributed by atoms with van der Waals surface area (Å²) in [6, 6.07) is 0. The van der Waals surface area contributed by atoms with Gasteiger partial charge in [-0.05, 0) is 43.6 Å². The molecule has 2 aliphatic heterocycles. The first-order chi connectivity index (χ1) is 15.0. The third-order valence-electron chi connectivity index (χ3n) is 9.02. The van der Waals surface area contributed by atoms with Crippen LogP contribution < -0.4 is 0 Å². The zero-order valence-electron chi connectivity index (χ0n) is 19.7. The van der Waals surface area contributed by atoms with Crippen molar-refractivity contribution in [1.82, 2.24) is 0 Å². The number of esters is 3. The van der Waals surface area contributed by atoms with Crippen LogP contribution in [0.25, 0.3) is 0 Å². The molecule has 178 valence electrons. The molecule has 6 atom stereocenters. The summed E-state index contributed by atoms with van der Waals surface area (Å²) in [5, 5.41) is 11.7. The third kappa shape index (κ3) is 2.54. The van der Waals surface area contributed by atoms with Gasteiger partial charge in [0.1, 0.15) is 5.60 Å². The lowest BCUT2D eigenvalue weighted by molar-refractivity contribution is -0.193. The maximum absolute atomic E-state index is 13.0. The number of carbonyl (C=O) groups is 3. The molecule has 1 N–H and O–H groups in total. The van der Waals surface area contributed by atoms with Crippen molar-refractivity contribution >= 4 is 17.9 Å². The second-order valence-electron chi connectivity index (χ2n) is 10.5. The summed E-state index contributed by atoms with van der Waals surface area (Å²) in [4.78, 5) is 38.7. The fourth-order valence-corrected chi connectivity index (χ4v) is 7.54. The highest BCUT2D eigenvalue weighted by Crippen LogP contribution is 2.74. The molecule has 2 bridgehead atoms. The Morgan fingerprint density at radius 1 is 1.06 bits per heavy atom. The standard InChI is InChI=1S/C24H34O8/c1-13(2)14-7-9-21(3)16-8-10-22(19(27)30-5,20(28)31-6)12-23(16)11-15(18(26)29-4)24(21,32-23)17(14)25/h11,13-14,16-17,25H,7-10,12H2,1-6H3/t14-,16?,17+,21+,23-,24+/m0/s1. The van der Waals surface area contributed by atoms with Crippen LogP contribution in [0.1, 0.15) is 52.9 Å². The molecule has 8 nitrogen and oxygen atoms in total. The van der Waals surface area contributed by atoms with Crippen LogP contribution in [-0.4, -0.2) is 61.6 Å². The molecule has 4 rings (SSSR count). The number of aliphatic hydroxyl groups is 1. The van der Waals surface area contributed by atoms with E-state index in [0.29, 0.717) is 12.0 Å². The average Bonchev–Trinajstić information content (AvgIpc) is 3.22. The Hall–Kier alpha value is -1.93. The van der Waals surface area contributed by atoms with Crippen LogP contribution in [0, 0.1) is 28.6 Å². The molecule has 2 heterocycles. The first-order valence-electron chi connectivity index (χ1n) is 11.4. The Balaban J connectivity index is 1.90. The summed E-state index contributed by atoms with van der Waals surface area (Å²) in [5.74, 6) is -1.84. The number of hydrogen-bond donors (Lipinski definition) is 1. The summed E-state index contributed by atoms with van der Waals surface area (Å²) in [6.45, 7) is 6.18. The molecule has 0 aromatic heterocycles. The number of aliphatic hydroxyl groups excluding tert-OH is 1. The van der Waals surface area contributed by atoms with Crippen molar-refractivity contribution in [2.75, 3.05) is 21.3 Å². The predicted octanol–water partition coefficient (Wildman–Crippen LogP) is 2.17. The Morgan fingerprint density at radius 2 is 1.69 bits per heavy atom. The van der Waals surface area contributed by atoms with Crippen molar-refractivity contribution in [3.8, 4) is 0 Å². The van der Waals surface area contributed by atoms with Crippen molar-refractivity contribution in [2.24, 2.45) is 28.6 Å². The van der Waals surface area contributed by atoms with Gasteiger partial charge in [-0.2, -0.15) is 0 Å². The van der Waals surface area contributed by atoms with E-state index in [9.17, 15) is 19.5 Å². The van der Waals surface area contributed by atoms with Crippen molar-refractivity contribution in [3.63, 3.8) is 0 Å². The topological polar surface area (TPSA) is 108 Å². The SMILES string of the molecule is COC(=O)C1=C[C@]23CC(C(=O)OC)(C(=O)OC)CCC2[C@@]2(C)CC[C@@H](C(C)C)[C@@H](O)[C@]12O3. The van der Waals surface area contributed by atoms with Gasteiger partial charge in [0, 0.05) is 17.8 Å². The van der Waals surface area contributed by atoms with Crippen LogP contribution in [-0.2, 0) is 33.3 Å². The van der Waals surface area contributed by atoms with Crippen LogP contribution >= 0.6 is 0 Å². The number of methoxy groups -OCH3 is 3. The molecule has 0 aromatic rings. The zero-order valence-corrected chi connectivity index (χ0v) is 19.7. The molecular weight excluding hydrogens is 416 g/mol. The highest BCUT2D eigenvalue weighted by Gasteiger charge is 2.80. The van der Waals surface area contributed by atoms with Gasteiger partial charge in [-0.1, -0.05) is 20.8 Å². The van der Waals surface area contributed by atoms with Crippen LogP contribution in [0.5, 0.6) is 0 Å². The fraction of sp³-hybridized carbons (Fsp3) is 0.792. The summed E-state index contributed by atoms with van der Waals surface area (Å²) >= 11 is 0. The average molecular weight is 451 g/mol. The lowest BCUT2D eigenvalue weighted by Crippen LogP contribution is -2.64. The Bertz CT molecular complexity index is 861. The van der Waals surface area contributed by atoms with Gasteiger partial charge in [0.05, 0.1) is 38.6 Å². The second kappa shape index (κ2) is 7.29. The normalized spacial score (nSPS) is 41.4. The van der Waals surface area contributed by atoms with Crippen molar-refractivity contribution in [1.29, 1.82) is 0 Å². The Morgan fingerprint density at radius 3 is 2.22 bits per heavy atom. The van der Waals surface area contributed by atoms with E-state index in [-0.39, 0.29) is 30.6 Å². The minimum absolute atomic E-state index is 0.000906. The lowest BCUT2D eigenvalue weighted by atomic mass is 9.46. The van der Waals surface area contributed by atoms with E-state index >= 15 is 0 Å². The molecule has 2 saturated carbocycles. The van der Waals surface area contributed by atoms with Gasteiger partial charge in [0.25, 0.3) is 0 Å². The molecule has 2 aliphatic carbocycles. The van der Waals surface area contributed by atoms with Gasteiger partial charge in [-0.3, -0.25) is 9.59 Å². The van der Waals surface area contributed by atoms with Gasteiger partial charge < -0.3 is 24.1 Å². The molecule has 1 saturated heterocycles. The van der Waals surface area contributed by atoms with E-state index in [1.165, 1.54) is 21.3 Å². The first kappa shape index (κ1) is 23.2. The maximum Gasteiger partial charge on any atom is 0.336 e. The molecule has 0 aromatic carbocycles. The molecule has 4 aliphatic rings. The largest absolute Gasteiger partial charge is 0.468 e. The van der Waals surface area contributed by atoms with E-state index in [0.717, 1.165) is 12.8 Å². The summed E-state index contributed by atoms with van der Waals surface area (Å²) in [7, 11) is 3.80. The lowest BCUT2D eigenvalue weighted by Gasteiger charge is -2.56. The molecule has 32 heavy (non-hydrogen) atoms. The Labute approximate surface area is 188 Å². The molecule has 0 radical (unpaired) electrons. The van der Waals surface area contributed by atoms with E-state index < -0.39 is 46.0 Å². The number of rotatable bonds is 4. The fourth-order valence-electron chi connectivity index (χ4n) is 7.54. The summed E-state index contributed by atoms with van der Waals surface area (Å²) in [5.41, 5.74) is -4.11. The van der Waals surface area contributed by atoms with Crippen LogP contribution in [0.3, 0.4) is 0 Å². The van der Waals surface area contributed by atoms with E-state index in [1.54, 1.807) is 6.08 Å². The number of carbonyl (C=O) groups excluding carboxylic acids is 3. The van der Waals surface area contributed by atoms with E-state index in [1.807, 2.05) is 0 Å². The Kier molecular flexibility index (Phi) is 5.29. The molecule has 2 spiro atoms. The first-order valence-corrected chi connectivity index (χ1v) is 11.4.